The number of fused-ring (bicyclic) bond motifs is 3. The number of hydrogen-bond donors (Lipinski definition) is 0. The zero-order valence-corrected chi connectivity index (χ0v) is 12.0. The van der Waals surface area contributed by atoms with E-state index in [1.54, 1.807) is 0 Å². The lowest BCUT2D eigenvalue weighted by Gasteiger charge is -2.28. The molecule has 6 aliphatic heterocycles. The zero-order chi connectivity index (χ0) is 13.1. The van der Waals surface area contributed by atoms with Crippen LogP contribution in [0, 0.1) is 0 Å². The topological polar surface area (TPSA) is 53.8 Å². The number of rotatable bonds is 3. The predicted molar refractivity (Wildman–Crippen MR) is 68.3 cm³/mol. The van der Waals surface area contributed by atoms with Crippen LogP contribution in [0.15, 0.2) is 0 Å². The van der Waals surface area contributed by atoms with Crippen molar-refractivity contribution in [2.75, 3.05) is 39.6 Å². The molecule has 0 aromatic carbocycles. The average Bonchev–Trinajstić information content (AvgIpc) is 3.31. The Morgan fingerprint density at radius 2 is 0.850 bits per heavy atom. The molecule has 110 valence electrons. The van der Waals surface area contributed by atoms with Gasteiger partial charge in [-0.3, -0.25) is 4.57 Å². The molecule has 0 N–H and O–H groups in total. The maximum Gasteiger partial charge on any atom is 0.289 e. The van der Waals surface area contributed by atoms with E-state index in [-0.39, 0.29) is 0 Å². The van der Waals surface area contributed by atoms with E-state index in [0.29, 0.717) is 36.3 Å². The van der Waals surface area contributed by atoms with Crippen LogP contribution in [-0.4, -0.2) is 89.9 Å². The largest absolute Gasteiger partial charge is 0.378 e. The second kappa shape index (κ2) is 3.49. The summed E-state index contributed by atoms with van der Waals surface area (Å²) in [6.07, 6.45) is 0. The van der Waals surface area contributed by atoms with Crippen LogP contribution in [0.25, 0.3) is 0 Å². The van der Waals surface area contributed by atoms with Gasteiger partial charge in [-0.15, -0.1) is 0 Å². The Balaban J connectivity index is 1.35. The van der Waals surface area contributed by atoms with Gasteiger partial charge in [0, 0.05) is 0 Å². The van der Waals surface area contributed by atoms with E-state index < -0.39 is 7.59 Å². The molecule has 0 bridgehead atoms. The molecule has 6 saturated heterocycles. The highest BCUT2D eigenvalue weighted by Crippen LogP contribution is 2.76. The smallest absolute Gasteiger partial charge is 0.289 e. The number of hydrogen-bond acceptors (Lipinski definition) is 4. The van der Waals surface area contributed by atoms with Gasteiger partial charge in [-0.2, -0.15) is 0 Å². The quantitative estimate of drug-likeness (QED) is 0.507. The first-order valence-corrected chi connectivity index (χ1v) is 9.08. The molecule has 0 spiro atoms. The lowest BCUT2D eigenvalue weighted by Crippen LogP contribution is -2.27. The average molecular weight is 299 g/mol. The minimum atomic E-state index is -2.57. The summed E-state index contributed by atoms with van der Waals surface area (Å²) in [5.74, 6) is 0. The van der Waals surface area contributed by atoms with Crippen molar-refractivity contribution in [1.82, 2.24) is 14.0 Å². The molecule has 0 radical (unpaired) electrons. The highest BCUT2D eigenvalue weighted by Gasteiger charge is 2.76. The van der Waals surface area contributed by atoms with E-state index >= 15 is 0 Å². The van der Waals surface area contributed by atoms with E-state index in [1.165, 1.54) is 0 Å². The summed E-state index contributed by atoms with van der Waals surface area (Å²) in [6.45, 7) is 4.46. The Morgan fingerprint density at radius 3 is 1.10 bits per heavy atom. The van der Waals surface area contributed by atoms with E-state index in [0.717, 1.165) is 39.6 Å². The van der Waals surface area contributed by atoms with Crippen LogP contribution in [-0.2, 0) is 18.8 Å². The molecule has 0 aromatic heterocycles. The molecule has 6 aliphatic rings. The van der Waals surface area contributed by atoms with Crippen LogP contribution in [0.2, 0.25) is 0 Å². The molecule has 6 fully saturated rings. The highest BCUT2D eigenvalue weighted by atomic mass is 31.2. The molecule has 0 aliphatic carbocycles. The van der Waals surface area contributed by atoms with Crippen LogP contribution < -0.4 is 0 Å². The third kappa shape index (κ3) is 1.19. The minimum Gasteiger partial charge on any atom is -0.378 e. The number of nitrogens with zero attached hydrogens (tertiary/aromatic N) is 3. The zero-order valence-electron chi connectivity index (χ0n) is 11.1. The SMILES string of the molecule is O=P(N1[C@@H]2COC[C@@H]21)(N1[C@@H]2COC[C@@H]21)N1[C@@H]2COC[C@@H]21. The first kappa shape index (κ1) is 11.5. The first-order chi connectivity index (χ1) is 9.82. The third-order valence-electron chi connectivity index (χ3n) is 5.74. The Bertz CT molecular complexity index is 432. The maximum absolute atomic E-state index is 14.0. The van der Waals surface area contributed by atoms with E-state index in [2.05, 4.69) is 14.0 Å². The normalized spacial score (nSPS) is 64.3. The Morgan fingerprint density at radius 1 is 0.600 bits per heavy atom. The van der Waals surface area contributed by atoms with Crippen molar-refractivity contribution >= 4 is 7.59 Å². The van der Waals surface area contributed by atoms with Crippen molar-refractivity contribution in [3.8, 4) is 0 Å². The van der Waals surface area contributed by atoms with Crippen molar-refractivity contribution in [3.63, 3.8) is 0 Å². The molecule has 0 aromatic rings. The van der Waals surface area contributed by atoms with Gasteiger partial charge in [-0.25, -0.2) is 14.0 Å². The summed E-state index contributed by atoms with van der Waals surface area (Å²) in [6, 6.07) is 2.28. The van der Waals surface area contributed by atoms with Gasteiger partial charge < -0.3 is 14.2 Å². The summed E-state index contributed by atoms with van der Waals surface area (Å²) in [5.41, 5.74) is 0. The molecule has 3 unspecified atom stereocenters. The fraction of sp³-hybridized carbons (Fsp3) is 1.00. The molecule has 20 heavy (non-hydrogen) atoms. The Labute approximate surface area is 117 Å². The monoisotopic (exact) mass is 299 g/mol. The first-order valence-electron chi connectivity index (χ1n) is 7.51. The van der Waals surface area contributed by atoms with E-state index in [1.807, 2.05) is 0 Å². The van der Waals surface area contributed by atoms with Crippen LogP contribution >= 0.6 is 7.59 Å². The number of morpholine rings is 3. The van der Waals surface area contributed by atoms with Gasteiger partial charge in [0.2, 0.25) is 0 Å². The molecule has 8 heteroatoms. The molecular formula is C12H18N3O4P. The standard InChI is InChI=1S/C12H18N3O4P/c16-20(13-7-1-17-2-8(7)13,14-9-3-18-4-10(9)14)15-11-5-19-6-12(11)15/h7-12H,1-6H2/t7-,8+,9-,10+,11-,12+,13?,14?,15?,20?. The minimum absolute atomic E-state index is 0.380. The van der Waals surface area contributed by atoms with Crippen molar-refractivity contribution in [1.29, 1.82) is 0 Å². The van der Waals surface area contributed by atoms with Crippen LogP contribution in [0.3, 0.4) is 0 Å². The maximum atomic E-state index is 14.0. The Hall–Kier alpha value is -0.0100. The molecule has 7 nitrogen and oxygen atoms in total. The second-order valence-corrected chi connectivity index (χ2v) is 9.08. The predicted octanol–water partition coefficient (Wildman–Crippen LogP) is -0.656. The van der Waals surface area contributed by atoms with Gasteiger partial charge in [0.05, 0.1) is 75.9 Å². The van der Waals surface area contributed by atoms with Crippen molar-refractivity contribution in [2.45, 2.75) is 36.3 Å². The van der Waals surface area contributed by atoms with Crippen molar-refractivity contribution in [2.24, 2.45) is 0 Å². The Kier molecular flexibility index (Phi) is 2.01. The van der Waals surface area contributed by atoms with Crippen molar-refractivity contribution < 1.29 is 18.8 Å². The summed E-state index contributed by atoms with van der Waals surface area (Å²) < 4.78 is 37.1. The van der Waals surface area contributed by atoms with Crippen molar-refractivity contribution in [3.05, 3.63) is 0 Å². The lowest BCUT2D eigenvalue weighted by molar-refractivity contribution is 0.134. The van der Waals surface area contributed by atoms with Gasteiger partial charge >= 0.3 is 0 Å². The van der Waals surface area contributed by atoms with Gasteiger partial charge in [-0.05, 0) is 0 Å². The van der Waals surface area contributed by atoms with E-state index in [4.69, 9.17) is 14.2 Å². The molecular weight excluding hydrogens is 281 g/mol. The molecule has 6 rings (SSSR count). The molecule has 0 amide bonds. The van der Waals surface area contributed by atoms with Crippen LogP contribution in [0.1, 0.15) is 0 Å². The van der Waals surface area contributed by atoms with E-state index in [9.17, 15) is 4.57 Å². The van der Waals surface area contributed by atoms with Crippen LogP contribution in [0.4, 0.5) is 0 Å². The molecule has 6 heterocycles. The fourth-order valence-electron chi connectivity index (χ4n) is 4.53. The second-order valence-electron chi connectivity index (χ2n) is 6.67. The van der Waals surface area contributed by atoms with Gasteiger partial charge in [0.1, 0.15) is 0 Å². The fourth-order valence-corrected chi connectivity index (χ4v) is 8.71. The van der Waals surface area contributed by atoms with Gasteiger partial charge in [-0.1, -0.05) is 0 Å². The summed E-state index contributed by atoms with van der Waals surface area (Å²) in [7, 11) is -2.57. The highest BCUT2D eigenvalue weighted by molar-refractivity contribution is 7.57. The van der Waals surface area contributed by atoms with Gasteiger partial charge in [0.15, 0.2) is 0 Å². The third-order valence-corrected chi connectivity index (χ3v) is 9.32. The summed E-state index contributed by atoms with van der Waals surface area (Å²) in [4.78, 5) is 0. The number of ether oxygens (including phenoxy) is 3. The van der Waals surface area contributed by atoms with Gasteiger partial charge in [0.25, 0.3) is 7.59 Å². The summed E-state index contributed by atoms with van der Waals surface area (Å²) >= 11 is 0. The molecule has 9 atom stereocenters. The lowest BCUT2D eigenvalue weighted by atomic mass is 10.4. The molecule has 0 saturated carbocycles. The summed E-state index contributed by atoms with van der Waals surface area (Å²) in [5, 5.41) is 0. The van der Waals surface area contributed by atoms with Crippen LogP contribution in [0.5, 0.6) is 0 Å².